The highest BCUT2D eigenvalue weighted by molar-refractivity contribution is 9.10. The van der Waals surface area contributed by atoms with Crippen LogP contribution in [-0.2, 0) is 13.6 Å². The first-order chi connectivity index (χ1) is 9.60. The van der Waals surface area contributed by atoms with Crippen LogP contribution in [0.2, 0.25) is 0 Å². The van der Waals surface area contributed by atoms with Crippen LogP contribution in [-0.4, -0.2) is 21.6 Å². The Kier molecular flexibility index (Phi) is 3.23. The molecule has 0 saturated heterocycles. The van der Waals surface area contributed by atoms with E-state index in [1.54, 1.807) is 7.05 Å². The number of nitrogens with zero attached hydrogens (tertiary/aromatic N) is 2. The molecule has 0 spiro atoms. The highest BCUT2D eigenvalue weighted by atomic mass is 79.9. The van der Waals surface area contributed by atoms with Crippen LogP contribution in [0.3, 0.4) is 0 Å². The van der Waals surface area contributed by atoms with E-state index < -0.39 is 0 Å². The number of fused-ring (bicyclic) bond motifs is 1. The van der Waals surface area contributed by atoms with E-state index >= 15 is 0 Å². The maximum Gasteiger partial charge on any atom is 0.419 e. The molecule has 1 aromatic carbocycles. The molecule has 2 aromatic heterocycles. The van der Waals surface area contributed by atoms with Crippen molar-refractivity contribution in [3.05, 3.63) is 39.2 Å². The number of halogens is 1. The molecular weight excluding hydrogens is 324 g/mol. The zero-order valence-corrected chi connectivity index (χ0v) is 12.6. The third-order valence-electron chi connectivity index (χ3n) is 3.17. The fourth-order valence-corrected chi connectivity index (χ4v) is 2.62. The van der Waals surface area contributed by atoms with Crippen molar-refractivity contribution in [1.82, 2.24) is 19.9 Å². The first kappa shape index (κ1) is 13.1. The molecule has 0 aliphatic carbocycles. The molecule has 6 nitrogen and oxygen atoms in total. The van der Waals surface area contributed by atoms with E-state index in [1.165, 1.54) is 4.57 Å². The van der Waals surface area contributed by atoms with Crippen molar-refractivity contribution in [3.63, 3.8) is 0 Å². The summed E-state index contributed by atoms with van der Waals surface area (Å²) in [4.78, 5) is 19.1. The molecule has 3 aromatic rings. The van der Waals surface area contributed by atoms with E-state index in [2.05, 4.69) is 31.2 Å². The van der Waals surface area contributed by atoms with Gasteiger partial charge in [-0.1, -0.05) is 6.07 Å². The Morgan fingerprint density at radius 2 is 2.30 bits per heavy atom. The normalized spacial score (nSPS) is 11.3. The Morgan fingerprint density at radius 3 is 3.05 bits per heavy atom. The summed E-state index contributed by atoms with van der Waals surface area (Å²) < 4.78 is 7.36. The molecule has 0 unspecified atom stereocenters. The average molecular weight is 337 g/mol. The lowest BCUT2D eigenvalue weighted by molar-refractivity contribution is 0.528. The van der Waals surface area contributed by atoms with E-state index in [9.17, 15) is 4.79 Å². The number of H-pyrrole nitrogens is 1. The topological polar surface area (TPSA) is 75.8 Å². The lowest BCUT2D eigenvalue weighted by atomic mass is 10.1. The number of aromatic amines is 1. The van der Waals surface area contributed by atoms with E-state index in [1.807, 2.05) is 25.2 Å². The minimum atomic E-state index is -0.365. The van der Waals surface area contributed by atoms with Crippen LogP contribution in [0.4, 0.5) is 0 Å². The molecule has 2 N–H and O–H groups in total. The van der Waals surface area contributed by atoms with Gasteiger partial charge in [0.1, 0.15) is 0 Å². The van der Waals surface area contributed by atoms with Crippen molar-refractivity contribution in [2.24, 2.45) is 7.05 Å². The van der Waals surface area contributed by atoms with Gasteiger partial charge in [0.15, 0.2) is 10.3 Å². The number of oxazole rings is 1. The molecule has 2 heterocycles. The number of rotatable bonds is 3. The van der Waals surface area contributed by atoms with Gasteiger partial charge in [-0.2, -0.15) is 0 Å². The molecule has 0 amide bonds. The fourth-order valence-electron chi connectivity index (χ4n) is 2.20. The lowest BCUT2D eigenvalue weighted by Gasteiger charge is -2.02. The molecule has 0 atom stereocenters. The summed E-state index contributed by atoms with van der Waals surface area (Å²) in [6, 6.07) is 5.62. The Hall–Kier alpha value is -1.86. The van der Waals surface area contributed by atoms with Crippen molar-refractivity contribution in [2.45, 2.75) is 6.54 Å². The number of aryl methyl sites for hydroxylation is 1. The van der Waals surface area contributed by atoms with Gasteiger partial charge in [-0.15, -0.1) is 0 Å². The van der Waals surface area contributed by atoms with Crippen molar-refractivity contribution in [2.75, 3.05) is 7.05 Å². The Bertz CT molecular complexity index is 831. The monoisotopic (exact) mass is 336 g/mol. The molecule has 104 valence electrons. The Labute approximate surface area is 122 Å². The molecule has 0 bridgehead atoms. The highest BCUT2D eigenvalue weighted by Gasteiger charge is 2.13. The number of hydrogen-bond donors (Lipinski definition) is 2. The van der Waals surface area contributed by atoms with Crippen LogP contribution in [0, 0.1) is 0 Å². The molecule has 20 heavy (non-hydrogen) atoms. The van der Waals surface area contributed by atoms with E-state index in [-0.39, 0.29) is 5.76 Å². The van der Waals surface area contributed by atoms with E-state index in [4.69, 9.17) is 4.42 Å². The van der Waals surface area contributed by atoms with Crippen molar-refractivity contribution in [3.8, 4) is 11.3 Å². The molecule has 0 aliphatic rings. The van der Waals surface area contributed by atoms with Gasteiger partial charge in [0, 0.05) is 19.2 Å². The van der Waals surface area contributed by atoms with Gasteiger partial charge in [-0.25, -0.2) is 9.78 Å². The largest absolute Gasteiger partial charge is 0.419 e. The van der Waals surface area contributed by atoms with Crippen LogP contribution < -0.4 is 11.1 Å². The van der Waals surface area contributed by atoms with Crippen molar-refractivity contribution in [1.29, 1.82) is 0 Å². The smallest absolute Gasteiger partial charge is 0.408 e. The number of imidazole rings is 1. The van der Waals surface area contributed by atoms with Gasteiger partial charge in [0.05, 0.1) is 16.9 Å². The summed E-state index contributed by atoms with van der Waals surface area (Å²) in [6.45, 7) is 0.671. The van der Waals surface area contributed by atoms with Gasteiger partial charge >= 0.3 is 5.76 Å². The third-order valence-corrected chi connectivity index (χ3v) is 3.54. The summed E-state index contributed by atoms with van der Waals surface area (Å²) in [5.74, 6) is -0.365. The Balaban J connectivity index is 2.17. The predicted octanol–water partition coefficient (Wildman–Crippen LogP) is 2.00. The van der Waals surface area contributed by atoms with E-state index in [0.717, 1.165) is 22.5 Å². The first-order valence-electron chi connectivity index (χ1n) is 6.09. The van der Waals surface area contributed by atoms with Gasteiger partial charge in [0.25, 0.3) is 0 Å². The van der Waals surface area contributed by atoms with Crippen LogP contribution in [0.25, 0.3) is 22.4 Å². The standard InChI is InChI=1S/C13H13BrN4O2/c1-15-6-8-11(17-12(14)16-8)7-3-4-9-10(5-7)20-13(19)18(9)2/h3-5,15H,6H2,1-2H3,(H,16,17). The maximum absolute atomic E-state index is 11.5. The minimum absolute atomic E-state index is 0.365. The van der Waals surface area contributed by atoms with E-state index in [0.29, 0.717) is 16.9 Å². The zero-order chi connectivity index (χ0) is 14.3. The molecular formula is C13H13BrN4O2. The second-order valence-corrected chi connectivity index (χ2v) is 5.25. The predicted molar refractivity (Wildman–Crippen MR) is 79.5 cm³/mol. The van der Waals surface area contributed by atoms with Gasteiger partial charge in [0.2, 0.25) is 0 Å². The molecule has 3 rings (SSSR count). The molecule has 0 saturated carbocycles. The van der Waals surface area contributed by atoms with Crippen molar-refractivity contribution < 1.29 is 4.42 Å². The summed E-state index contributed by atoms with van der Waals surface area (Å²) in [5.41, 5.74) is 4.03. The van der Waals surface area contributed by atoms with Gasteiger partial charge < -0.3 is 14.7 Å². The molecule has 0 fully saturated rings. The fraction of sp³-hybridized carbons (Fsp3) is 0.231. The summed E-state index contributed by atoms with van der Waals surface area (Å²) in [5, 5.41) is 3.09. The maximum atomic E-state index is 11.5. The van der Waals surface area contributed by atoms with Crippen LogP contribution in [0.5, 0.6) is 0 Å². The Morgan fingerprint density at radius 1 is 1.50 bits per heavy atom. The third kappa shape index (κ3) is 2.08. The first-order valence-corrected chi connectivity index (χ1v) is 6.88. The quantitative estimate of drug-likeness (QED) is 0.767. The average Bonchev–Trinajstić information content (AvgIpc) is 2.91. The summed E-state index contributed by atoms with van der Waals surface area (Å²) in [6.07, 6.45) is 0. The summed E-state index contributed by atoms with van der Waals surface area (Å²) in [7, 11) is 3.56. The second kappa shape index (κ2) is 4.92. The molecule has 0 radical (unpaired) electrons. The number of hydrogen-bond acceptors (Lipinski definition) is 4. The zero-order valence-electron chi connectivity index (χ0n) is 11.0. The highest BCUT2D eigenvalue weighted by Crippen LogP contribution is 2.26. The van der Waals surface area contributed by atoms with Crippen molar-refractivity contribution >= 4 is 27.0 Å². The van der Waals surface area contributed by atoms with Crippen LogP contribution in [0.1, 0.15) is 5.69 Å². The number of nitrogens with one attached hydrogen (secondary N) is 2. The lowest BCUT2D eigenvalue weighted by Crippen LogP contribution is -2.08. The molecule has 7 heteroatoms. The van der Waals surface area contributed by atoms with Crippen LogP contribution in [0.15, 0.2) is 32.1 Å². The minimum Gasteiger partial charge on any atom is -0.408 e. The number of aromatic nitrogens is 3. The SMILES string of the molecule is CNCc1[nH]c(Br)nc1-c1ccc2c(c1)oc(=O)n2C. The second-order valence-electron chi connectivity index (χ2n) is 4.49. The number of benzene rings is 1. The van der Waals surface area contributed by atoms with Gasteiger partial charge in [-0.05, 0) is 35.1 Å². The summed E-state index contributed by atoms with van der Waals surface area (Å²) >= 11 is 3.34. The van der Waals surface area contributed by atoms with Crippen LogP contribution >= 0.6 is 15.9 Å². The molecule has 0 aliphatic heterocycles. The van der Waals surface area contributed by atoms with Gasteiger partial charge in [-0.3, -0.25) is 4.57 Å².